The topological polar surface area (TPSA) is 47.4 Å². The zero-order chi connectivity index (χ0) is 17.1. The molecule has 0 saturated heterocycles. The van der Waals surface area contributed by atoms with E-state index < -0.39 is 0 Å². The zero-order valence-corrected chi connectivity index (χ0v) is 14.6. The minimum atomic E-state index is -0.141. The van der Waals surface area contributed by atoms with Crippen LogP contribution in [0.25, 0.3) is 0 Å². The molecule has 0 N–H and O–H groups in total. The van der Waals surface area contributed by atoms with Crippen LogP contribution >= 0.6 is 0 Å². The summed E-state index contributed by atoms with van der Waals surface area (Å²) in [7, 11) is 1.89. The fourth-order valence-corrected chi connectivity index (χ4v) is 3.23. The van der Waals surface area contributed by atoms with E-state index in [9.17, 15) is 4.79 Å². The monoisotopic (exact) mass is 327 g/mol. The summed E-state index contributed by atoms with van der Waals surface area (Å²) < 4.78 is 7.66. The Balaban J connectivity index is 1.72. The molecule has 1 aliphatic heterocycles. The smallest absolute Gasteiger partial charge is 0.226 e. The van der Waals surface area contributed by atoms with E-state index in [1.165, 1.54) is 5.56 Å². The van der Waals surface area contributed by atoms with Crippen molar-refractivity contribution in [2.75, 3.05) is 6.61 Å². The number of aromatic nitrogens is 2. The molecule has 0 fully saturated rings. The number of carbonyl (C=O) groups is 1. The van der Waals surface area contributed by atoms with Crippen molar-refractivity contribution in [2.45, 2.75) is 45.4 Å². The van der Waals surface area contributed by atoms with Crippen molar-refractivity contribution in [3.63, 3.8) is 0 Å². The van der Waals surface area contributed by atoms with E-state index in [2.05, 4.69) is 17.2 Å². The lowest BCUT2D eigenvalue weighted by Gasteiger charge is -2.30. The van der Waals surface area contributed by atoms with Crippen LogP contribution < -0.4 is 0 Å². The van der Waals surface area contributed by atoms with Crippen LogP contribution in [-0.4, -0.2) is 33.2 Å². The summed E-state index contributed by atoms with van der Waals surface area (Å²) in [6.45, 7) is 5.35. The average Bonchev–Trinajstić information content (AvgIpc) is 2.98. The van der Waals surface area contributed by atoms with Crippen LogP contribution in [0.4, 0.5) is 0 Å². The summed E-state index contributed by atoms with van der Waals surface area (Å²) in [6.07, 6.45) is 4.93. The van der Waals surface area contributed by atoms with Gasteiger partial charge < -0.3 is 9.64 Å². The van der Waals surface area contributed by atoms with E-state index >= 15 is 0 Å². The third-order valence-electron chi connectivity index (χ3n) is 4.51. The maximum atomic E-state index is 12.9. The molecule has 0 radical (unpaired) electrons. The molecule has 24 heavy (non-hydrogen) atoms. The van der Waals surface area contributed by atoms with Gasteiger partial charge in [-0.15, -0.1) is 0 Å². The molecule has 0 bridgehead atoms. The van der Waals surface area contributed by atoms with Gasteiger partial charge in [-0.1, -0.05) is 24.3 Å². The Bertz CT molecular complexity index is 708. The second kappa shape index (κ2) is 7.18. The van der Waals surface area contributed by atoms with E-state index in [4.69, 9.17) is 4.74 Å². The fourth-order valence-electron chi connectivity index (χ4n) is 3.23. The molecule has 1 aliphatic rings. The maximum absolute atomic E-state index is 12.9. The maximum Gasteiger partial charge on any atom is 0.226 e. The normalized spacial score (nSPS) is 16.9. The third-order valence-corrected chi connectivity index (χ3v) is 4.51. The van der Waals surface area contributed by atoms with Gasteiger partial charge in [-0.2, -0.15) is 5.10 Å². The van der Waals surface area contributed by atoms with E-state index in [0.717, 1.165) is 17.5 Å². The highest BCUT2D eigenvalue weighted by Crippen LogP contribution is 2.30. The van der Waals surface area contributed by atoms with E-state index in [0.29, 0.717) is 19.6 Å². The van der Waals surface area contributed by atoms with E-state index in [-0.39, 0.29) is 18.1 Å². The van der Waals surface area contributed by atoms with Gasteiger partial charge in [0.1, 0.15) is 0 Å². The summed E-state index contributed by atoms with van der Waals surface area (Å²) >= 11 is 0. The quantitative estimate of drug-likeness (QED) is 0.848. The lowest BCUT2D eigenvalue weighted by molar-refractivity contribution is -0.137. The largest absolute Gasteiger partial charge is 0.373 e. The molecule has 128 valence electrons. The van der Waals surface area contributed by atoms with Gasteiger partial charge in [0.05, 0.1) is 25.3 Å². The number of ether oxygens (including phenoxy) is 1. The van der Waals surface area contributed by atoms with Crippen molar-refractivity contribution >= 4 is 5.91 Å². The molecule has 1 atom stereocenters. The van der Waals surface area contributed by atoms with E-state index in [1.54, 1.807) is 4.68 Å². The van der Waals surface area contributed by atoms with Crippen molar-refractivity contribution in [3.8, 4) is 0 Å². The number of rotatable bonds is 5. The molecule has 1 amide bonds. The SMILES string of the molecule is CC(C)N(Cc1cnn(C)c1)C(=O)C[C@H]1OCCc2ccccc21. The van der Waals surface area contributed by atoms with Crippen LogP contribution in [0.5, 0.6) is 0 Å². The molecule has 5 nitrogen and oxygen atoms in total. The number of hydrogen-bond acceptors (Lipinski definition) is 3. The van der Waals surface area contributed by atoms with Crippen molar-refractivity contribution < 1.29 is 9.53 Å². The Kier molecular flexibility index (Phi) is 5.00. The molecule has 2 aromatic rings. The predicted octanol–water partition coefficient (Wildman–Crippen LogP) is 2.86. The molecule has 1 aromatic heterocycles. The highest BCUT2D eigenvalue weighted by Gasteiger charge is 2.26. The van der Waals surface area contributed by atoms with Gasteiger partial charge in [0, 0.05) is 31.4 Å². The first-order valence-electron chi connectivity index (χ1n) is 8.51. The highest BCUT2D eigenvalue weighted by molar-refractivity contribution is 5.77. The first-order valence-corrected chi connectivity index (χ1v) is 8.51. The van der Waals surface area contributed by atoms with Crippen molar-refractivity contribution in [1.29, 1.82) is 0 Å². The van der Waals surface area contributed by atoms with Gasteiger partial charge >= 0.3 is 0 Å². The Morgan fingerprint density at radius 2 is 2.21 bits per heavy atom. The number of hydrogen-bond donors (Lipinski definition) is 0. The molecule has 0 saturated carbocycles. The van der Waals surface area contributed by atoms with E-state index in [1.807, 2.05) is 50.3 Å². The molecule has 0 aliphatic carbocycles. The lowest BCUT2D eigenvalue weighted by atomic mass is 9.95. The number of carbonyl (C=O) groups excluding carboxylic acids is 1. The molecule has 3 rings (SSSR count). The highest BCUT2D eigenvalue weighted by atomic mass is 16.5. The van der Waals surface area contributed by atoms with Crippen LogP contribution in [0.2, 0.25) is 0 Å². The number of benzene rings is 1. The Labute approximate surface area is 143 Å². The third kappa shape index (κ3) is 3.67. The minimum Gasteiger partial charge on any atom is -0.373 e. The Hall–Kier alpha value is -2.14. The molecular formula is C19H25N3O2. The van der Waals surface area contributed by atoms with Gasteiger partial charge in [0.2, 0.25) is 5.91 Å². The van der Waals surface area contributed by atoms with Crippen LogP contribution in [-0.2, 0) is 29.5 Å². The molecule has 1 aromatic carbocycles. The zero-order valence-electron chi connectivity index (χ0n) is 14.6. The van der Waals surface area contributed by atoms with Gasteiger partial charge in [-0.05, 0) is 31.4 Å². The summed E-state index contributed by atoms with van der Waals surface area (Å²) in [5, 5.41) is 4.19. The number of fused-ring (bicyclic) bond motifs is 1. The molecule has 0 spiro atoms. The predicted molar refractivity (Wildman–Crippen MR) is 92.4 cm³/mol. The van der Waals surface area contributed by atoms with Gasteiger partial charge in [0.25, 0.3) is 0 Å². The van der Waals surface area contributed by atoms with Crippen LogP contribution in [0.3, 0.4) is 0 Å². The molecule has 2 heterocycles. The van der Waals surface area contributed by atoms with Crippen LogP contribution in [0.1, 0.15) is 43.1 Å². The minimum absolute atomic E-state index is 0.121. The molecule has 0 unspecified atom stereocenters. The summed E-state index contributed by atoms with van der Waals surface area (Å²) in [5.41, 5.74) is 3.50. The average molecular weight is 327 g/mol. The van der Waals surface area contributed by atoms with Crippen LogP contribution in [0, 0.1) is 0 Å². The van der Waals surface area contributed by atoms with Gasteiger partial charge in [-0.25, -0.2) is 0 Å². The van der Waals surface area contributed by atoms with Crippen LogP contribution in [0.15, 0.2) is 36.7 Å². The first kappa shape index (κ1) is 16.7. The molecular weight excluding hydrogens is 302 g/mol. The number of amides is 1. The lowest BCUT2D eigenvalue weighted by Crippen LogP contribution is -2.37. The number of nitrogens with zero attached hydrogens (tertiary/aromatic N) is 3. The van der Waals surface area contributed by atoms with Crippen molar-refractivity contribution in [2.24, 2.45) is 7.05 Å². The number of aryl methyl sites for hydroxylation is 1. The van der Waals surface area contributed by atoms with Crippen molar-refractivity contribution in [3.05, 3.63) is 53.3 Å². The van der Waals surface area contributed by atoms with Crippen molar-refractivity contribution in [1.82, 2.24) is 14.7 Å². The summed E-state index contributed by atoms with van der Waals surface area (Å²) in [5.74, 6) is 0.121. The Morgan fingerprint density at radius 3 is 2.92 bits per heavy atom. The Morgan fingerprint density at radius 1 is 1.42 bits per heavy atom. The standard InChI is InChI=1S/C19H25N3O2/c1-14(2)22(13-15-11-20-21(3)12-15)19(23)10-18-17-7-5-4-6-16(17)8-9-24-18/h4-7,11-12,14,18H,8-10,13H2,1-3H3/t18-/m1/s1. The summed E-state index contributed by atoms with van der Waals surface area (Å²) in [4.78, 5) is 14.8. The van der Waals surface area contributed by atoms with Gasteiger partial charge in [-0.3, -0.25) is 9.48 Å². The second-order valence-electron chi connectivity index (χ2n) is 6.65. The second-order valence-corrected chi connectivity index (χ2v) is 6.65. The first-order chi connectivity index (χ1) is 11.5. The summed E-state index contributed by atoms with van der Waals surface area (Å²) in [6, 6.07) is 8.40. The van der Waals surface area contributed by atoms with Gasteiger partial charge in [0.15, 0.2) is 0 Å². The molecule has 5 heteroatoms. The fraction of sp³-hybridized carbons (Fsp3) is 0.474.